The SMILES string of the molecule is CCCN(CCO)CCCNC(C)(C)C. The molecule has 0 saturated carbocycles. The molecule has 92 valence electrons. The van der Waals surface area contributed by atoms with Crippen LogP contribution < -0.4 is 5.32 Å². The lowest BCUT2D eigenvalue weighted by molar-refractivity contribution is 0.193. The maximum absolute atomic E-state index is 8.89. The molecular weight excluding hydrogens is 188 g/mol. The van der Waals surface area contributed by atoms with Crippen molar-refractivity contribution in [3.05, 3.63) is 0 Å². The molecule has 0 radical (unpaired) electrons. The topological polar surface area (TPSA) is 35.5 Å². The van der Waals surface area contributed by atoms with Crippen LogP contribution in [-0.4, -0.2) is 48.3 Å². The second-order valence-corrected chi connectivity index (χ2v) is 5.10. The van der Waals surface area contributed by atoms with E-state index in [1.54, 1.807) is 0 Å². The Balaban J connectivity index is 3.52. The van der Waals surface area contributed by atoms with Gasteiger partial charge in [0.1, 0.15) is 0 Å². The Morgan fingerprint density at radius 1 is 1.13 bits per heavy atom. The summed E-state index contributed by atoms with van der Waals surface area (Å²) in [5.41, 5.74) is 0.215. The molecule has 2 N–H and O–H groups in total. The summed E-state index contributed by atoms with van der Waals surface area (Å²) in [4.78, 5) is 2.32. The maximum Gasteiger partial charge on any atom is 0.0558 e. The lowest BCUT2D eigenvalue weighted by Gasteiger charge is -2.23. The average molecular weight is 216 g/mol. The van der Waals surface area contributed by atoms with E-state index >= 15 is 0 Å². The number of nitrogens with one attached hydrogen (secondary N) is 1. The van der Waals surface area contributed by atoms with Gasteiger partial charge < -0.3 is 15.3 Å². The van der Waals surface area contributed by atoms with Gasteiger partial charge in [-0.1, -0.05) is 6.92 Å². The van der Waals surface area contributed by atoms with Gasteiger partial charge in [-0.3, -0.25) is 0 Å². The second-order valence-electron chi connectivity index (χ2n) is 5.10. The molecule has 0 aromatic heterocycles. The molecule has 0 amide bonds. The largest absolute Gasteiger partial charge is 0.395 e. The number of rotatable bonds is 8. The normalized spacial score (nSPS) is 12.4. The highest BCUT2D eigenvalue weighted by Crippen LogP contribution is 1.99. The van der Waals surface area contributed by atoms with Crippen molar-refractivity contribution < 1.29 is 5.11 Å². The third kappa shape index (κ3) is 10.2. The molecule has 0 bridgehead atoms. The van der Waals surface area contributed by atoms with Crippen LogP contribution in [0.15, 0.2) is 0 Å². The first-order valence-electron chi connectivity index (χ1n) is 6.08. The van der Waals surface area contributed by atoms with E-state index in [1.165, 1.54) is 0 Å². The first kappa shape index (κ1) is 14.9. The minimum Gasteiger partial charge on any atom is -0.395 e. The zero-order valence-electron chi connectivity index (χ0n) is 10.8. The monoisotopic (exact) mass is 216 g/mol. The molecule has 0 rings (SSSR count). The minimum atomic E-state index is 0.215. The first-order valence-corrected chi connectivity index (χ1v) is 6.08. The predicted octanol–water partition coefficient (Wildman–Crippen LogP) is 1.47. The summed E-state index contributed by atoms with van der Waals surface area (Å²) in [5.74, 6) is 0. The summed E-state index contributed by atoms with van der Waals surface area (Å²) in [7, 11) is 0. The van der Waals surface area contributed by atoms with Crippen LogP contribution in [0.3, 0.4) is 0 Å². The van der Waals surface area contributed by atoms with Gasteiger partial charge in [0.15, 0.2) is 0 Å². The molecule has 0 aliphatic carbocycles. The number of aliphatic hydroxyl groups is 1. The van der Waals surface area contributed by atoms with Gasteiger partial charge >= 0.3 is 0 Å². The first-order chi connectivity index (χ1) is 6.99. The lowest BCUT2D eigenvalue weighted by atomic mass is 10.1. The van der Waals surface area contributed by atoms with Crippen LogP contribution >= 0.6 is 0 Å². The van der Waals surface area contributed by atoms with E-state index in [-0.39, 0.29) is 12.1 Å². The van der Waals surface area contributed by atoms with Crippen LogP contribution in [0.5, 0.6) is 0 Å². The van der Waals surface area contributed by atoms with E-state index in [9.17, 15) is 0 Å². The predicted molar refractivity (Wildman–Crippen MR) is 66.2 cm³/mol. The van der Waals surface area contributed by atoms with Gasteiger partial charge in [0.2, 0.25) is 0 Å². The zero-order chi connectivity index (χ0) is 11.7. The number of nitrogens with zero attached hydrogens (tertiary/aromatic N) is 1. The van der Waals surface area contributed by atoms with Gasteiger partial charge in [0, 0.05) is 12.1 Å². The fourth-order valence-corrected chi connectivity index (χ4v) is 1.56. The van der Waals surface area contributed by atoms with E-state index in [4.69, 9.17) is 5.11 Å². The average Bonchev–Trinajstić information content (AvgIpc) is 2.11. The standard InChI is InChI=1S/C12H28N2O/c1-5-8-14(10-11-15)9-6-7-13-12(2,3)4/h13,15H,5-11H2,1-4H3. The van der Waals surface area contributed by atoms with Crippen molar-refractivity contribution in [2.45, 2.75) is 46.1 Å². The molecule has 0 aromatic carbocycles. The number of aliphatic hydroxyl groups excluding tert-OH is 1. The van der Waals surface area contributed by atoms with Crippen LogP contribution in [0.25, 0.3) is 0 Å². The molecule has 0 saturated heterocycles. The van der Waals surface area contributed by atoms with Gasteiger partial charge in [-0.2, -0.15) is 0 Å². The van der Waals surface area contributed by atoms with Gasteiger partial charge in [-0.25, -0.2) is 0 Å². The smallest absolute Gasteiger partial charge is 0.0558 e. The molecule has 0 atom stereocenters. The lowest BCUT2D eigenvalue weighted by Crippen LogP contribution is -2.38. The molecule has 0 aliphatic heterocycles. The molecule has 0 aromatic rings. The maximum atomic E-state index is 8.89. The third-order valence-corrected chi connectivity index (χ3v) is 2.26. The summed E-state index contributed by atoms with van der Waals surface area (Å²) in [6.45, 7) is 13.0. The molecule has 0 aliphatic rings. The van der Waals surface area contributed by atoms with Crippen LogP contribution in [0.2, 0.25) is 0 Å². The zero-order valence-corrected chi connectivity index (χ0v) is 10.8. The summed E-state index contributed by atoms with van der Waals surface area (Å²) >= 11 is 0. The number of hydrogen-bond acceptors (Lipinski definition) is 3. The summed E-state index contributed by atoms with van der Waals surface area (Å²) in [5, 5.41) is 12.4. The second kappa shape index (κ2) is 8.08. The van der Waals surface area contributed by atoms with E-state index in [0.29, 0.717) is 0 Å². The molecule has 0 unspecified atom stereocenters. The van der Waals surface area contributed by atoms with E-state index in [1.807, 2.05) is 0 Å². The van der Waals surface area contributed by atoms with Crippen LogP contribution in [0.1, 0.15) is 40.5 Å². The summed E-state index contributed by atoms with van der Waals surface area (Å²) < 4.78 is 0. The minimum absolute atomic E-state index is 0.215. The molecule has 3 heteroatoms. The Labute approximate surface area is 94.9 Å². The van der Waals surface area contributed by atoms with Crippen molar-refractivity contribution >= 4 is 0 Å². The number of hydrogen-bond donors (Lipinski definition) is 2. The molecule has 0 spiro atoms. The van der Waals surface area contributed by atoms with Gasteiger partial charge in [-0.05, 0) is 53.2 Å². The van der Waals surface area contributed by atoms with Gasteiger partial charge in [0.05, 0.1) is 6.61 Å². The van der Waals surface area contributed by atoms with Crippen LogP contribution in [0, 0.1) is 0 Å². The van der Waals surface area contributed by atoms with Crippen molar-refractivity contribution in [2.24, 2.45) is 0 Å². The van der Waals surface area contributed by atoms with Gasteiger partial charge in [0.25, 0.3) is 0 Å². The molecular formula is C12H28N2O. The van der Waals surface area contributed by atoms with Crippen molar-refractivity contribution in [3.8, 4) is 0 Å². The van der Waals surface area contributed by atoms with Crippen LogP contribution in [-0.2, 0) is 0 Å². The Hall–Kier alpha value is -0.120. The van der Waals surface area contributed by atoms with E-state index in [2.05, 4.69) is 37.9 Å². The van der Waals surface area contributed by atoms with Crippen molar-refractivity contribution in [2.75, 3.05) is 32.8 Å². The molecule has 0 fully saturated rings. The fraction of sp³-hybridized carbons (Fsp3) is 1.00. The third-order valence-electron chi connectivity index (χ3n) is 2.26. The van der Waals surface area contributed by atoms with Crippen molar-refractivity contribution in [1.82, 2.24) is 10.2 Å². The van der Waals surface area contributed by atoms with E-state index in [0.717, 1.165) is 39.0 Å². The van der Waals surface area contributed by atoms with Crippen LogP contribution in [0.4, 0.5) is 0 Å². The molecule has 15 heavy (non-hydrogen) atoms. The molecule has 3 nitrogen and oxygen atoms in total. The summed E-state index contributed by atoms with van der Waals surface area (Å²) in [6.07, 6.45) is 2.31. The van der Waals surface area contributed by atoms with Crippen molar-refractivity contribution in [3.63, 3.8) is 0 Å². The van der Waals surface area contributed by atoms with Crippen molar-refractivity contribution in [1.29, 1.82) is 0 Å². The summed E-state index contributed by atoms with van der Waals surface area (Å²) in [6, 6.07) is 0. The highest BCUT2D eigenvalue weighted by molar-refractivity contribution is 4.70. The highest BCUT2D eigenvalue weighted by atomic mass is 16.3. The Morgan fingerprint density at radius 2 is 1.80 bits per heavy atom. The van der Waals surface area contributed by atoms with E-state index < -0.39 is 0 Å². The van der Waals surface area contributed by atoms with Gasteiger partial charge in [-0.15, -0.1) is 0 Å². The fourth-order valence-electron chi connectivity index (χ4n) is 1.56. The Kier molecular flexibility index (Phi) is 8.02. The molecule has 0 heterocycles. The Bertz CT molecular complexity index is 137. The Morgan fingerprint density at radius 3 is 2.27 bits per heavy atom. The highest BCUT2D eigenvalue weighted by Gasteiger charge is 2.08. The quantitative estimate of drug-likeness (QED) is 0.603.